The van der Waals surface area contributed by atoms with Crippen LogP contribution < -0.4 is 4.74 Å². The number of carboxylic acid groups (broad SMARTS) is 1. The van der Waals surface area contributed by atoms with Crippen molar-refractivity contribution in [3.63, 3.8) is 0 Å². The molecule has 0 bridgehead atoms. The molecule has 0 saturated carbocycles. The Morgan fingerprint density at radius 2 is 1.75 bits per heavy atom. The Morgan fingerprint density at radius 1 is 1.15 bits per heavy atom. The molecule has 0 heterocycles. The first-order chi connectivity index (χ1) is 9.05. The van der Waals surface area contributed by atoms with Crippen LogP contribution in [0.25, 0.3) is 0 Å². The Kier molecular flexibility index (Phi) is 4.85. The van der Waals surface area contributed by atoms with E-state index in [1.807, 2.05) is 12.1 Å². The van der Waals surface area contributed by atoms with Crippen LogP contribution in [0.1, 0.15) is 45.7 Å². The highest BCUT2D eigenvalue weighted by atomic mass is 16.5. The Morgan fingerprint density at radius 3 is 2.20 bits per heavy atom. The van der Waals surface area contributed by atoms with Crippen LogP contribution in [0.4, 0.5) is 0 Å². The van der Waals surface area contributed by atoms with Gasteiger partial charge in [0, 0.05) is 0 Å². The van der Waals surface area contributed by atoms with Crippen LogP contribution in [0, 0.1) is 10.8 Å². The second-order valence-electron chi connectivity index (χ2n) is 7.25. The van der Waals surface area contributed by atoms with Crippen LogP contribution in [0.2, 0.25) is 0 Å². The number of hydrogen-bond acceptors (Lipinski definition) is 2. The monoisotopic (exact) mass is 278 g/mol. The van der Waals surface area contributed by atoms with Gasteiger partial charge in [-0.15, -0.1) is 0 Å². The van der Waals surface area contributed by atoms with Crippen LogP contribution in [0.3, 0.4) is 0 Å². The number of hydrogen-bond donors (Lipinski definition) is 1. The second-order valence-corrected chi connectivity index (χ2v) is 7.25. The highest BCUT2D eigenvalue weighted by molar-refractivity contribution is 5.74. The average Bonchev–Trinajstić information content (AvgIpc) is 2.28. The smallest absolute Gasteiger partial charge is 0.309 e. The summed E-state index contributed by atoms with van der Waals surface area (Å²) in [6, 6.07) is 6.03. The number of benzene rings is 1. The van der Waals surface area contributed by atoms with Gasteiger partial charge >= 0.3 is 5.97 Å². The SMILES string of the molecule is COc1cc(CC(C)(C)C(=O)O)ccc1CC(C)(C)C. The molecule has 1 N–H and O–H groups in total. The maximum atomic E-state index is 11.2. The topological polar surface area (TPSA) is 46.5 Å². The lowest BCUT2D eigenvalue weighted by Gasteiger charge is -2.22. The summed E-state index contributed by atoms with van der Waals surface area (Å²) in [6.45, 7) is 10.0. The minimum absolute atomic E-state index is 0.190. The molecule has 112 valence electrons. The lowest BCUT2D eigenvalue weighted by atomic mass is 9.84. The van der Waals surface area contributed by atoms with Crippen molar-refractivity contribution in [2.24, 2.45) is 10.8 Å². The fraction of sp³-hybridized carbons (Fsp3) is 0.588. The molecule has 0 amide bonds. The zero-order chi connectivity index (χ0) is 15.6. The molecule has 3 heteroatoms. The van der Waals surface area contributed by atoms with Gasteiger partial charge in [-0.3, -0.25) is 4.79 Å². The molecule has 1 aromatic rings. The number of aliphatic carboxylic acids is 1. The Bertz CT molecular complexity index is 481. The maximum Gasteiger partial charge on any atom is 0.309 e. The van der Waals surface area contributed by atoms with Gasteiger partial charge in [-0.1, -0.05) is 32.9 Å². The van der Waals surface area contributed by atoms with Gasteiger partial charge in [0.2, 0.25) is 0 Å². The molecule has 0 aliphatic carbocycles. The molecular formula is C17H26O3. The first kappa shape index (κ1) is 16.5. The van der Waals surface area contributed by atoms with Crippen LogP contribution >= 0.6 is 0 Å². The highest BCUT2D eigenvalue weighted by Crippen LogP contribution is 2.30. The van der Waals surface area contributed by atoms with Crippen molar-refractivity contribution in [3.05, 3.63) is 29.3 Å². The summed E-state index contributed by atoms with van der Waals surface area (Å²) in [5.74, 6) is 0.0637. The van der Waals surface area contributed by atoms with E-state index in [9.17, 15) is 9.90 Å². The first-order valence-corrected chi connectivity index (χ1v) is 6.94. The Labute approximate surface area is 122 Å². The van der Waals surface area contributed by atoms with E-state index < -0.39 is 11.4 Å². The fourth-order valence-corrected chi connectivity index (χ4v) is 2.20. The minimum Gasteiger partial charge on any atom is -0.496 e. The number of carboxylic acids is 1. The molecule has 0 fully saturated rings. The third-order valence-electron chi connectivity index (χ3n) is 3.30. The molecule has 0 atom stereocenters. The second kappa shape index (κ2) is 5.86. The predicted octanol–water partition coefficient (Wildman–Crippen LogP) is 3.94. The summed E-state index contributed by atoms with van der Waals surface area (Å²) in [7, 11) is 1.66. The third kappa shape index (κ3) is 4.55. The van der Waals surface area contributed by atoms with Crippen molar-refractivity contribution in [1.82, 2.24) is 0 Å². The molecule has 0 aromatic heterocycles. The quantitative estimate of drug-likeness (QED) is 0.887. The third-order valence-corrected chi connectivity index (χ3v) is 3.30. The molecule has 0 spiro atoms. The lowest BCUT2D eigenvalue weighted by Crippen LogP contribution is -2.26. The molecule has 0 aliphatic rings. The summed E-state index contributed by atoms with van der Waals surface area (Å²) >= 11 is 0. The lowest BCUT2D eigenvalue weighted by molar-refractivity contribution is -0.146. The molecular weight excluding hydrogens is 252 g/mol. The van der Waals surface area contributed by atoms with Gasteiger partial charge in [-0.2, -0.15) is 0 Å². The van der Waals surface area contributed by atoms with Crippen molar-refractivity contribution in [2.75, 3.05) is 7.11 Å². The first-order valence-electron chi connectivity index (χ1n) is 6.94. The van der Waals surface area contributed by atoms with Crippen molar-refractivity contribution in [3.8, 4) is 5.75 Å². The zero-order valence-corrected chi connectivity index (χ0v) is 13.4. The summed E-state index contributed by atoms with van der Waals surface area (Å²) in [5, 5.41) is 9.21. The van der Waals surface area contributed by atoms with Crippen LogP contribution in [0.5, 0.6) is 5.75 Å². The van der Waals surface area contributed by atoms with Gasteiger partial charge < -0.3 is 9.84 Å². The minimum atomic E-state index is -0.782. The fourth-order valence-electron chi connectivity index (χ4n) is 2.20. The number of methoxy groups -OCH3 is 1. The van der Waals surface area contributed by atoms with Gasteiger partial charge in [0.25, 0.3) is 0 Å². The molecule has 0 unspecified atom stereocenters. The standard InChI is InChI=1S/C17H26O3/c1-16(2,3)11-13-8-7-12(9-14(13)20-6)10-17(4,5)15(18)19/h7-9H,10-11H2,1-6H3,(H,18,19). The van der Waals surface area contributed by atoms with Crippen LogP contribution in [-0.2, 0) is 17.6 Å². The van der Waals surface area contributed by atoms with E-state index in [0.29, 0.717) is 6.42 Å². The van der Waals surface area contributed by atoms with Crippen molar-refractivity contribution in [2.45, 2.75) is 47.5 Å². The molecule has 0 saturated heterocycles. The van der Waals surface area contributed by atoms with Crippen molar-refractivity contribution in [1.29, 1.82) is 0 Å². The van der Waals surface area contributed by atoms with Crippen LogP contribution in [-0.4, -0.2) is 18.2 Å². The van der Waals surface area contributed by atoms with Crippen LogP contribution in [0.15, 0.2) is 18.2 Å². The van der Waals surface area contributed by atoms with Gasteiger partial charge in [0.1, 0.15) is 5.75 Å². The highest BCUT2D eigenvalue weighted by Gasteiger charge is 2.27. The average molecular weight is 278 g/mol. The van der Waals surface area contributed by atoms with E-state index >= 15 is 0 Å². The molecule has 3 nitrogen and oxygen atoms in total. The van der Waals surface area contributed by atoms with E-state index in [1.165, 1.54) is 0 Å². The molecule has 0 radical (unpaired) electrons. The van der Waals surface area contributed by atoms with Gasteiger partial charge in [-0.25, -0.2) is 0 Å². The zero-order valence-electron chi connectivity index (χ0n) is 13.4. The van der Waals surface area contributed by atoms with Gasteiger partial charge in [-0.05, 0) is 49.3 Å². The van der Waals surface area contributed by atoms with Crippen molar-refractivity contribution < 1.29 is 14.6 Å². The Hall–Kier alpha value is -1.51. The van der Waals surface area contributed by atoms with E-state index in [4.69, 9.17) is 4.74 Å². The summed E-state index contributed by atoms with van der Waals surface area (Å²) in [5.41, 5.74) is 1.58. The molecule has 20 heavy (non-hydrogen) atoms. The normalized spacial score (nSPS) is 12.3. The van der Waals surface area contributed by atoms with E-state index in [-0.39, 0.29) is 5.41 Å². The van der Waals surface area contributed by atoms with Gasteiger partial charge in [0.15, 0.2) is 0 Å². The molecule has 0 aliphatic heterocycles. The van der Waals surface area contributed by atoms with E-state index in [0.717, 1.165) is 23.3 Å². The molecule has 1 rings (SSSR count). The maximum absolute atomic E-state index is 11.2. The summed E-state index contributed by atoms with van der Waals surface area (Å²) in [4.78, 5) is 11.2. The number of rotatable bonds is 5. The Balaban J connectivity index is 3.01. The number of ether oxygens (including phenoxy) is 1. The summed E-state index contributed by atoms with van der Waals surface area (Å²) in [6.07, 6.45) is 1.42. The van der Waals surface area contributed by atoms with Crippen molar-refractivity contribution >= 4 is 5.97 Å². The predicted molar refractivity (Wildman–Crippen MR) is 81.3 cm³/mol. The summed E-state index contributed by atoms with van der Waals surface area (Å²) < 4.78 is 5.46. The van der Waals surface area contributed by atoms with Gasteiger partial charge in [0.05, 0.1) is 12.5 Å². The number of carbonyl (C=O) groups is 1. The van der Waals surface area contributed by atoms with E-state index in [1.54, 1.807) is 21.0 Å². The van der Waals surface area contributed by atoms with E-state index in [2.05, 4.69) is 26.8 Å². The molecule has 1 aromatic carbocycles. The largest absolute Gasteiger partial charge is 0.496 e.